The highest BCUT2D eigenvalue weighted by Gasteiger charge is 2.12. The lowest BCUT2D eigenvalue weighted by molar-refractivity contribution is 0.855. The van der Waals surface area contributed by atoms with Crippen LogP contribution in [0.2, 0.25) is 0 Å². The first-order valence-corrected chi connectivity index (χ1v) is 9.03. The van der Waals surface area contributed by atoms with Crippen molar-refractivity contribution < 1.29 is 0 Å². The zero-order valence-corrected chi connectivity index (χ0v) is 15.0. The molecule has 2 aromatic rings. The van der Waals surface area contributed by atoms with E-state index < -0.39 is 0 Å². The van der Waals surface area contributed by atoms with Crippen LogP contribution in [-0.2, 0) is 12.8 Å². The van der Waals surface area contributed by atoms with Crippen LogP contribution < -0.4 is 4.90 Å². The summed E-state index contributed by atoms with van der Waals surface area (Å²) < 4.78 is 0. The van der Waals surface area contributed by atoms with Crippen molar-refractivity contribution in [3.63, 3.8) is 0 Å². The fourth-order valence-corrected chi connectivity index (χ4v) is 3.80. The zero-order valence-electron chi connectivity index (χ0n) is 14.2. The molecule has 0 N–H and O–H groups in total. The van der Waals surface area contributed by atoms with Gasteiger partial charge in [0.25, 0.3) is 0 Å². The van der Waals surface area contributed by atoms with Gasteiger partial charge in [0.1, 0.15) is 0 Å². The van der Waals surface area contributed by atoms with E-state index in [-0.39, 0.29) is 0 Å². The van der Waals surface area contributed by atoms with Crippen LogP contribution in [0.25, 0.3) is 0 Å². The SMILES string of the molecule is CCCc1cc(Sc2ccccc2)c(N(C)C)cc1CCC. The second kappa shape index (κ2) is 8.28. The Kier molecular flexibility index (Phi) is 6.38. The maximum absolute atomic E-state index is 2.42. The molecule has 2 heteroatoms. The van der Waals surface area contributed by atoms with Gasteiger partial charge in [-0.1, -0.05) is 56.7 Å². The van der Waals surface area contributed by atoms with E-state index in [0.717, 1.165) is 0 Å². The second-order valence-corrected chi connectivity index (χ2v) is 7.01. The molecule has 0 radical (unpaired) electrons. The standard InChI is InChI=1S/C20H27NS/c1-5-10-16-14-19(21(3)4)20(15-17(16)11-6-2)22-18-12-8-7-9-13-18/h7-9,12-15H,5-6,10-11H2,1-4H3. The van der Waals surface area contributed by atoms with Crippen LogP contribution in [-0.4, -0.2) is 14.1 Å². The van der Waals surface area contributed by atoms with E-state index in [1.807, 2.05) is 11.8 Å². The summed E-state index contributed by atoms with van der Waals surface area (Å²) in [5, 5.41) is 0. The summed E-state index contributed by atoms with van der Waals surface area (Å²) in [6.07, 6.45) is 4.75. The summed E-state index contributed by atoms with van der Waals surface area (Å²) >= 11 is 1.87. The third-order valence-electron chi connectivity index (χ3n) is 3.77. The van der Waals surface area contributed by atoms with E-state index in [9.17, 15) is 0 Å². The van der Waals surface area contributed by atoms with Gasteiger partial charge in [-0.15, -0.1) is 0 Å². The molecule has 22 heavy (non-hydrogen) atoms. The molecule has 0 unspecified atom stereocenters. The number of benzene rings is 2. The molecule has 0 spiro atoms. The lowest BCUT2D eigenvalue weighted by atomic mass is 9.98. The highest BCUT2D eigenvalue weighted by molar-refractivity contribution is 7.99. The van der Waals surface area contributed by atoms with E-state index in [1.54, 1.807) is 0 Å². The molecule has 2 rings (SSSR count). The molecule has 0 aromatic heterocycles. The Hall–Kier alpha value is -1.41. The van der Waals surface area contributed by atoms with Gasteiger partial charge in [0.2, 0.25) is 0 Å². The molecular formula is C20H27NS. The van der Waals surface area contributed by atoms with Crippen molar-refractivity contribution in [2.75, 3.05) is 19.0 Å². The van der Waals surface area contributed by atoms with E-state index in [4.69, 9.17) is 0 Å². The Bertz CT molecular complexity index is 590. The first kappa shape index (κ1) is 17.0. The Balaban J connectivity index is 2.43. The van der Waals surface area contributed by atoms with Crippen LogP contribution in [0.3, 0.4) is 0 Å². The Labute approximate surface area is 139 Å². The van der Waals surface area contributed by atoms with Crippen LogP contribution in [0.4, 0.5) is 5.69 Å². The minimum absolute atomic E-state index is 1.17. The zero-order chi connectivity index (χ0) is 15.9. The minimum Gasteiger partial charge on any atom is -0.377 e. The molecule has 0 saturated heterocycles. The Morgan fingerprint density at radius 2 is 1.45 bits per heavy atom. The molecule has 0 amide bonds. The van der Waals surface area contributed by atoms with Gasteiger partial charge in [-0.25, -0.2) is 0 Å². The van der Waals surface area contributed by atoms with Crippen molar-refractivity contribution in [2.45, 2.75) is 49.3 Å². The molecule has 0 bridgehead atoms. The molecule has 1 nitrogen and oxygen atoms in total. The van der Waals surface area contributed by atoms with Crippen molar-refractivity contribution in [3.05, 3.63) is 53.6 Å². The maximum Gasteiger partial charge on any atom is 0.0505 e. The fraction of sp³-hybridized carbons (Fsp3) is 0.400. The second-order valence-electron chi connectivity index (χ2n) is 5.90. The smallest absolute Gasteiger partial charge is 0.0505 e. The molecule has 0 aliphatic carbocycles. The first-order chi connectivity index (χ1) is 10.7. The number of rotatable bonds is 7. The largest absolute Gasteiger partial charge is 0.377 e. The van der Waals surface area contributed by atoms with Crippen molar-refractivity contribution in [1.82, 2.24) is 0 Å². The van der Waals surface area contributed by atoms with Crippen LogP contribution in [0.5, 0.6) is 0 Å². The van der Waals surface area contributed by atoms with Gasteiger partial charge in [-0.05, 0) is 48.2 Å². The number of hydrogen-bond donors (Lipinski definition) is 0. The van der Waals surface area contributed by atoms with Crippen molar-refractivity contribution >= 4 is 17.4 Å². The van der Waals surface area contributed by atoms with Gasteiger partial charge in [-0.3, -0.25) is 0 Å². The number of aryl methyl sites for hydroxylation is 2. The predicted octanol–water partition coefficient (Wildman–Crippen LogP) is 5.81. The predicted molar refractivity (Wildman–Crippen MR) is 99.3 cm³/mol. The van der Waals surface area contributed by atoms with E-state index >= 15 is 0 Å². The van der Waals surface area contributed by atoms with Gasteiger partial charge >= 0.3 is 0 Å². The molecule has 0 fully saturated rings. The van der Waals surface area contributed by atoms with Gasteiger partial charge < -0.3 is 4.90 Å². The molecule has 0 atom stereocenters. The summed E-state index contributed by atoms with van der Waals surface area (Å²) in [6.45, 7) is 4.53. The van der Waals surface area contributed by atoms with E-state index in [1.165, 1.54) is 52.3 Å². The summed E-state index contributed by atoms with van der Waals surface area (Å²) in [5.41, 5.74) is 4.37. The maximum atomic E-state index is 2.42. The average molecular weight is 314 g/mol. The molecule has 0 aliphatic rings. The Morgan fingerprint density at radius 3 is 2.00 bits per heavy atom. The fourth-order valence-electron chi connectivity index (χ4n) is 2.70. The van der Waals surface area contributed by atoms with Crippen molar-refractivity contribution in [2.24, 2.45) is 0 Å². The lowest BCUT2D eigenvalue weighted by Crippen LogP contribution is -2.11. The average Bonchev–Trinajstić information content (AvgIpc) is 2.51. The topological polar surface area (TPSA) is 3.24 Å². The molecule has 0 heterocycles. The summed E-state index contributed by atoms with van der Waals surface area (Å²) in [6, 6.07) is 15.5. The highest BCUT2D eigenvalue weighted by atomic mass is 32.2. The number of nitrogens with zero attached hydrogens (tertiary/aromatic N) is 1. The van der Waals surface area contributed by atoms with Crippen LogP contribution in [0.1, 0.15) is 37.8 Å². The summed E-state index contributed by atoms with van der Waals surface area (Å²) in [5.74, 6) is 0. The number of hydrogen-bond acceptors (Lipinski definition) is 2. The first-order valence-electron chi connectivity index (χ1n) is 8.21. The van der Waals surface area contributed by atoms with E-state index in [2.05, 4.69) is 75.3 Å². The molecule has 2 aromatic carbocycles. The molecular weight excluding hydrogens is 286 g/mol. The van der Waals surface area contributed by atoms with Crippen LogP contribution >= 0.6 is 11.8 Å². The van der Waals surface area contributed by atoms with Gasteiger partial charge in [-0.2, -0.15) is 0 Å². The van der Waals surface area contributed by atoms with Gasteiger partial charge in [0, 0.05) is 23.9 Å². The minimum atomic E-state index is 1.17. The summed E-state index contributed by atoms with van der Waals surface area (Å²) in [4.78, 5) is 4.90. The Morgan fingerprint density at radius 1 is 0.864 bits per heavy atom. The van der Waals surface area contributed by atoms with Crippen molar-refractivity contribution in [1.29, 1.82) is 0 Å². The third-order valence-corrected chi connectivity index (χ3v) is 4.83. The third kappa shape index (κ3) is 4.30. The highest BCUT2D eigenvalue weighted by Crippen LogP contribution is 2.37. The molecule has 118 valence electrons. The van der Waals surface area contributed by atoms with Gasteiger partial charge in [0.15, 0.2) is 0 Å². The van der Waals surface area contributed by atoms with Crippen molar-refractivity contribution in [3.8, 4) is 0 Å². The van der Waals surface area contributed by atoms with Gasteiger partial charge in [0.05, 0.1) is 5.69 Å². The number of anilines is 1. The van der Waals surface area contributed by atoms with Crippen LogP contribution in [0.15, 0.2) is 52.3 Å². The summed E-state index contributed by atoms with van der Waals surface area (Å²) in [7, 11) is 4.28. The lowest BCUT2D eigenvalue weighted by Gasteiger charge is -2.21. The molecule has 0 aliphatic heterocycles. The van der Waals surface area contributed by atoms with E-state index in [0.29, 0.717) is 0 Å². The molecule has 0 saturated carbocycles. The normalized spacial score (nSPS) is 10.7. The monoisotopic (exact) mass is 313 g/mol. The van der Waals surface area contributed by atoms with Crippen LogP contribution in [0, 0.1) is 0 Å². The quantitative estimate of drug-likeness (QED) is 0.634.